The second-order valence-electron chi connectivity index (χ2n) is 5.13. The Morgan fingerprint density at radius 1 is 1.44 bits per heavy atom. The monoisotopic (exact) mass is 360 g/mol. The molecule has 0 spiro atoms. The van der Waals surface area contributed by atoms with E-state index >= 15 is 0 Å². The fourth-order valence-electron chi connectivity index (χ4n) is 2.13. The van der Waals surface area contributed by atoms with Gasteiger partial charge in [-0.25, -0.2) is 4.79 Å². The van der Waals surface area contributed by atoms with E-state index in [1.54, 1.807) is 30.5 Å². The van der Waals surface area contributed by atoms with E-state index in [-0.39, 0.29) is 17.3 Å². The number of hydrogen-bond acceptors (Lipinski definition) is 7. The van der Waals surface area contributed by atoms with Crippen molar-refractivity contribution in [2.24, 2.45) is 0 Å². The summed E-state index contributed by atoms with van der Waals surface area (Å²) in [6.45, 7) is 1.29. The number of nitro benzene ring substituents is 1. The molecule has 0 aliphatic heterocycles. The Morgan fingerprint density at radius 2 is 2.24 bits per heavy atom. The molecule has 0 fully saturated rings. The minimum Gasteiger partial charge on any atom is -0.387 e. The van der Waals surface area contributed by atoms with E-state index in [1.807, 2.05) is 0 Å². The van der Waals surface area contributed by atoms with Gasteiger partial charge in [0.25, 0.3) is 11.6 Å². The number of amides is 1. The molecule has 2 aromatic heterocycles. The fraction of sp³-hybridized carbons (Fsp3) is 0.133. The summed E-state index contributed by atoms with van der Waals surface area (Å²) in [5.41, 5.74) is 0.522. The number of nitrogens with zero attached hydrogens (tertiary/aromatic N) is 3. The normalized spacial score (nSPS) is 10.6. The molecule has 1 aromatic carbocycles. The highest BCUT2D eigenvalue weighted by Crippen LogP contribution is 2.25. The third-order valence-electron chi connectivity index (χ3n) is 3.26. The van der Waals surface area contributed by atoms with Crippen LogP contribution in [-0.4, -0.2) is 20.6 Å². The molecule has 0 radical (unpaired) electrons. The van der Waals surface area contributed by atoms with Crippen molar-refractivity contribution in [3.8, 4) is 10.8 Å². The van der Waals surface area contributed by atoms with E-state index in [9.17, 15) is 19.7 Å². The van der Waals surface area contributed by atoms with Gasteiger partial charge in [0, 0.05) is 6.07 Å². The highest BCUT2D eigenvalue weighted by Gasteiger charge is 2.18. The summed E-state index contributed by atoms with van der Waals surface area (Å²) in [5, 5.41) is 19.3. The second kappa shape index (κ2) is 6.69. The summed E-state index contributed by atoms with van der Waals surface area (Å²) in [6.07, 6.45) is 0. The third-order valence-corrected chi connectivity index (χ3v) is 4.11. The number of carbonyl (C=O) groups excluding carboxylic acids is 1. The van der Waals surface area contributed by atoms with Gasteiger partial charge < -0.3 is 9.73 Å². The summed E-state index contributed by atoms with van der Waals surface area (Å²) in [4.78, 5) is 35.1. The topological polar surface area (TPSA) is 120 Å². The predicted octanol–water partition coefficient (Wildman–Crippen LogP) is 2.42. The molecule has 0 atom stereocenters. The molecule has 0 unspecified atom stereocenters. The molecular formula is C15H12N4O5S. The van der Waals surface area contributed by atoms with E-state index in [4.69, 9.17) is 4.42 Å². The van der Waals surface area contributed by atoms with Crippen molar-refractivity contribution in [3.05, 3.63) is 61.9 Å². The predicted molar refractivity (Wildman–Crippen MR) is 90.5 cm³/mol. The van der Waals surface area contributed by atoms with E-state index in [2.05, 4.69) is 10.4 Å². The molecule has 3 rings (SSSR count). The van der Waals surface area contributed by atoms with Gasteiger partial charge in [-0.1, -0.05) is 12.1 Å². The average Bonchev–Trinajstić information content (AvgIpc) is 3.19. The van der Waals surface area contributed by atoms with Gasteiger partial charge in [0.1, 0.15) is 12.2 Å². The van der Waals surface area contributed by atoms with Crippen LogP contribution in [-0.2, 0) is 11.3 Å². The first-order valence-corrected chi connectivity index (χ1v) is 7.99. The Morgan fingerprint density at radius 3 is 2.92 bits per heavy atom. The van der Waals surface area contributed by atoms with Gasteiger partial charge >= 0.3 is 5.76 Å². The minimum atomic E-state index is -0.781. The van der Waals surface area contributed by atoms with Crippen molar-refractivity contribution in [1.82, 2.24) is 9.78 Å². The molecule has 1 amide bonds. The summed E-state index contributed by atoms with van der Waals surface area (Å²) in [6, 6.07) is 7.94. The van der Waals surface area contributed by atoms with Crippen molar-refractivity contribution >= 4 is 28.6 Å². The van der Waals surface area contributed by atoms with E-state index < -0.39 is 23.1 Å². The SMILES string of the molecule is Cc1ccc(NC(=O)Cn2nc(-c3cccs3)oc2=O)c([N+](=O)[O-])c1. The summed E-state index contributed by atoms with van der Waals surface area (Å²) < 4.78 is 5.87. The lowest BCUT2D eigenvalue weighted by molar-refractivity contribution is -0.384. The average molecular weight is 360 g/mol. The molecule has 9 nitrogen and oxygen atoms in total. The molecule has 25 heavy (non-hydrogen) atoms. The number of nitrogens with one attached hydrogen (secondary N) is 1. The van der Waals surface area contributed by atoms with Crippen LogP contribution in [0.15, 0.2) is 44.9 Å². The van der Waals surface area contributed by atoms with Crippen LogP contribution < -0.4 is 11.1 Å². The fourth-order valence-corrected chi connectivity index (χ4v) is 2.77. The molecule has 1 N–H and O–H groups in total. The van der Waals surface area contributed by atoms with Crippen LogP contribution in [0.5, 0.6) is 0 Å². The van der Waals surface area contributed by atoms with Gasteiger partial charge in [-0.3, -0.25) is 14.9 Å². The molecule has 0 aliphatic carbocycles. The largest absolute Gasteiger partial charge is 0.437 e. The lowest BCUT2D eigenvalue weighted by Gasteiger charge is -2.06. The molecule has 128 valence electrons. The van der Waals surface area contributed by atoms with Gasteiger partial charge in [0.2, 0.25) is 5.91 Å². The van der Waals surface area contributed by atoms with E-state index in [0.29, 0.717) is 10.4 Å². The molecule has 0 saturated heterocycles. The van der Waals surface area contributed by atoms with Gasteiger partial charge in [-0.05, 0) is 30.0 Å². The number of carbonyl (C=O) groups is 1. The maximum Gasteiger partial charge on any atom is 0.437 e. The van der Waals surface area contributed by atoms with Gasteiger partial charge in [0.05, 0.1) is 9.80 Å². The van der Waals surface area contributed by atoms with Crippen LogP contribution in [0.4, 0.5) is 11.4 Å². The second-order valence-corrected chi connectivity index (χ2v) is 6.08. The Labute approximate surface area is 144 Å². The lowest BCUT2D eigenvalue weighted by atomic mass is 10.2. The molecule has 3 aromatic rings. The van der Waals surface area contributed by atoms with Crippen molar-refractivity contribution in [2.75, 3.05) is 5.32 Å². The Kier molecular flexibility index (Phi) is 4.44. The summed E-state index contributed by atoms with van der Waals surface area (Å²) >= 11 is 1.34. The third kappa shape index (κ3) is 3.63. The van der Waals surface area contributed by atoms with Crippen LogP contribution in [0.1, 0.15) is 5.56 Å². The van der Waals surface area contributed by atoms with Crippen molar-refractivity contribution < 1.29 is 14.1 Å². The Balaban J connectivity index is 1.78. The molecule has 0 bridgehead atoms. The van der Waals surface area contributed by atoms with Gasteiger partial charge in [0.15, 0.2) is 0 Å². The Hall–Kier alpha value is -3.27. The number of benzene rings is 1. The first-order chi connectivity index (χ1) is 11.9. The highest BCUT2D eigenvalue weighted by atomic mass is 32.1. The standard InChI is InChI=1S/C15H12N4O5S/c1-9-4-5-10(11(7-9)19(22)23)16-13(20)8-18-15(21)24-14(17-18)12-3-2-6-25-12/h2-7H,8H2,1H3,(H,16,20). The summed E-state index contributed by atoms with van der Waals surface area (Å²) in [7, 11) is 0. The first-order valence-electron chi connectivity index (χ1n) is 7.11. The number of aryl methyl sites for hydroxylation is 1. The number of nitro groups is 1. The number of hydrogen-bond donors (Lipinski definition) is 1. The molecule has 10 heteroatoms. The highest BCUT2D eigenvalue weighted by molar-refractivity contribution is 7.13. The van der Waals surface area contributed by atoms with E-state index in [0.717, 1.165) is 4.68 Å². The zero-order chi connectivity index (χ0) is 18.0. The number of aromatic nitrogens is 2. The number of rotatable bonds is 5. The molecule has 0 aliphatic rings. The number of anilines is 1. The van der Waals surface area contributed by atoms with Crippen LogP contribution in [0.25, 0.3) is 10.8 Å². The van der Waals surface area contributed by atoms with E-state index in [1.165, 1.54) is 23.5 Å². The van der Waals surface area contributed by atoms with Crippen molar-refractivity contribution in [1.29, 1.82) is 0 Å². The Bertz CT molecular complexity index is 990. The minimum absolute atomic E-state index is 0.0515. The van der Waals surface area contributed by atoms with Crippen LogP contribution >= 0.6 is 11.3 Å². The maximum atomic E-state index is 12.1. The quantitative estimate of drug-likeness (QED) is 0.551. The molecule has 0 saturated carbocycles. The van der Waals surface area contributed by atoms with Crippen LogP contribution in [0.2, 0.25) is 0 Å². The summed E-state index contributed by atoms with van der Waals surface area (Å²) in [5.74, 6) is -1.29. The van der Waals surface area contributed by atoms with Gasteiger partial charge in [-0.2, -0.15) is 4.68 Å². The van der Waals surface area contributed by atoms with Gasteiger partial charge in [-0.15, -0.1) is 16.4 Å². The smallest absolute Gasteiger partial charge is 0.387 e. The van der Waals surface area contributed by atoms with Crippen LogP contribution in [0, 0.1) is 17.0 Å². The lowest BCUT2D eigenvalue weighted by Crippen LogP contribution is -2.26. The first kappa shape index (κ1) is 16.6. The molecular weight excluding hydrogens is 348 g/mol. The maximum absolute atomic E-state index is 12.1. The van der Waals surface area contributed by atoms with Crippen LogP contribution in [0.3, 0.4) is 0 Å². The zero-order valence-corrected chi connectivity index (χ0v) is 13.8. The molecule has 2 heterocycles. The number of thiophene rings is 1. The zero-order valence-electron chi connectivity index (χ0n) is 13.0. The van der Waals surface area contributed by atoms with Crippen molar-refractivity contribution in [2.45, 2.75) is 13.5 Å². The van der Waals surface area contributed by atoms with Crippen molar-refractivity contribution in [3.63, 3.8) is 0 Å².